The van der Waals surface area contributed by atoms with E-state index < -0.39 is 0 Å². The van der Waals surface area contributed by atoms with Gasteiger partial charge in [-0.3, -0.25) is 4.79 Å². The standard InChI is InChI=1S/C17H16ClNO3/c1-22-17(21)13-8-6-12(7-9-13)10-11-19-16(20)14-4-2-3-5-15(14)18/h2-9H,10-11H2,1H3,(H,19,20). The maximum atomic E-state index is 12.0. The topological polar surface area (TPSA) is 55.4 Å². The van der Waals surface area contributed by atoms with Gasteiger partial charge in [0.2, 0.25) is 0 Å². The number of benzene rings is 2. The second kappa shape index (κ2) is 7.61. The third-order valence-corrected chi connectivity index (χ3v) is 3.52. The number of amides is 1. The number of nitrogens with one attached hydrogen (secondary N) is 1. The first-order valence-electron chi connectivity index (χ1n) is 6.82. The molecule has 4 nitrogen and oxygen atoms in total. The first-order chi connectivity index (χ1) is 10.6. The van der Waals surface area contributed by atoms with Crippen molar-refractivity contribution < 1.29 is 14.3 Å². The number of carbonyl (C=O) groups excluding carboxylic acids is 2. The predicted molar refractivity (Wildman–Crippen MR) is 85.3 cm³/mol. The Bertz CT molecular complexity index is 668. The van der Waals surface area contributed by atoms with Crippen LogP contribution in [-0.2, 0) is 11.2 Å². The highest BCUT2D eigenvalue weighted by Crippen LogP contribution is 2.14. The van der Waals surface area contributed by atoms with Crippen LogP contribution in [-0.4, -0.2) is 25.5 Å². The summed E-state index contributed by atoms with van der Waals surface area (Å²) >= 11 is 5.97. The summed E-state index contributed by atoms with van der Waals surface area (Å²) in [5, 5.41) is 3.25. The number of halogens is 1. The molecule has 5 heteroatoms. The van der Waals surface area contributed by atoms with Gasteiger partial charge in [-0.15, -0.1) is 0 Å². The molecule has 0 aromatic heterocycles. The summed E-state index contributed by atoms with van der Waals surface area (Å²) in [7, 11) is 1.35. The van der Waals surface area contributed by atoms with Crippen molar-refractivity contribution in [1.82, 2.24) is 5.32 Å². The van der Waals surface area contributed by atoms with Crippen molar-refractivity contribution in [3.8, 4) is 0 Å². The molecule has 0 spiro atoms. The second-order valence-electron chi connectivity index (χ2n) is 4.67. The molecule has 0 unspecified atom stereocenters. The predicted octanol–water partition coefficient (Wildman–Crippen LogP) is 3.10. The third-order valence-electron chi connectivity index (χ3n) is 3.19. The van der Waals surface area contributed by atoms with Crippen molar-refractivity contribution in [2.45, 2.75) is 6.42 Å². The Kier molecular flexibility index (Phi) is 5.55. The minimum absolute atomic E-state index is 0.197. The average molecular weight is 318 g/mol. The fourth-order valence-corrected chi connectivity index (χ4v) is 2.21. The lowest BCUT2D eigenvalue weighted by Crippen LogP contribution is -2.25. The van der Waals surface area contributed by atoms with Crippen LogP contribution in [0.2, 0.25) is 5.02 Å². The minimum Gasteiger partial charge on any atom is -0.465 e. The minimum atomic E-state index is -0.362. The van der Waals surface area contributed by atoms with Crippen LogP contribution in [0.4, 0.5) is 0 Å². The van der Waals surface area contributed by atoms with E-state index in [0.29, 0.717) is 29.1 Å². The summed E-state index contributed by atoms with van der Waals surface area (Å²) in [6.07, 6.45) is 0.664. The quantitative estimate of drug-likeness (QED) is 0.862. The molecular formula is C17H16ClNO3. The Labute approximate surface area is 134 Å². The van der Waals surface area contributed by atoms with Crippen LogP contribution in [0.5, 0.6) is 0 Å². The van der Waals surface area contributed by atoms with Crippen molar-refractivity contribution in [1.29, 1.82) is 0 Å². The Hall–Kier alpha value is -2.33. The molecule has 1 N–H and O–H groups in total. The summed E-state index contributed by atoms with van der Waals surface area (Å²) in [5.41, 5.74) is 1.99. The second-order valence-corrected chi connectivity index (χ2v) is 5.08. The largest absolute Gasteiger partial charge is 0.465 e. The molecule has 0 atom stereocenters. The molecule has 2 rings (SSSR count). The molecule has 0 saturated heterocycles. The van der Waals surface area contributed by atoms with Gasteiger partial charge in [0.1, 0.15) is 0 Å². The number of rotatable bonds is 5. The van der Waals surface area contributed by atoms with Gasteiger partial charge in [-0.2, -0.15) is 0 Å². The van der Waals surface area contributed by atoms with Crippen molar-refractivity contribution >= 4 is 23.5 Å². The van der Waals surface area contributed by atoms with E-state index in [1.807, 2.05) is 12.1 Å². The maximum Gasteiger partial charge on any atom is 0.337 e. The van der Waals surface area contributed by atoms with Gasteiger partial charge in [0.05, 0.1) is 23.3 Å². The fourth-order valence-electron chi connectivity index (χ4n) is 1.99. The summed E-state index contributed by atoms with van der Waals surface area (Å²) in [6.45, 7) is 0.488. The molecule has 2 aromatic carbocycles. The van der Waals surface area contributed by atoms with Crippen LogP contribution in [0.3, 0.4) is 0 Å². The molecule has 114 valence electrons. The van der Waals surface area contributed by atoms with Crippen LogP contribution >= 0.6 is 11.6 Å². The molecule has 2 aromatic rings. The van der Waals surface area contributed by atoms with Gasteiger partial charge >= 0.3 is 5.97 Å². The number of ether oxygens (including phenoxy) is 1. The molecule has 0 aliphatic rings. The molecule has 1 amide bonds. The number of hydrogen-bond acceptors (Lipinski definition) is 3. The molecule has 0 bridgehead atoms. The molecule has 22 heavy (non-hydrogen) atoms. The first kappa shape index (κ1) is 16.0. The van der Waals surface area contributed by atoms with Crippen molar-refractivity contribution in [2.75, 3.05) is 13.7 Å². The van der Waals surface area contributed by atoms with E-state index in [1.165, 1.54) is 7.11 Å². The number of hydrogen-bond donors (Lipinski definition) is 1. The zero-order valence-corrected chi connectivity index (χ0v) is 12.9. The zero-order valence-electron chi connectivity index (χ0n) is 12.1. The van der Waals surface area contributed by atoms with E-state index in [0.717, 1.165) is 5.56 Å². The summed E-state index contributed by atoms with van der Waals surface area (Å²) in [6, 6.07) is 14.0. The Morgan fingerprint density at radius 3 is 2.41 bits per heavy atom. The van der Waals surface area contributed by atoms with Gasteiger partial charge in [-0.05, 0) is 36.2 Å². The summed E-state index contributed by atoms with van der Waals surface area (Å²) in [4.78, 5) is 23.3. The van der Waals surface area contributed by atoms with E-state index in [9.17, 15) is 9.59 Å². The highest BCUT2D eigenvalue weighted by atomic mass is 35.5. The normalized spacial score (nSPS) is 10.1. The van der Waals surface area contributed by atoms with Gasteiger partial charge in [0, 0.05) is 6.54 Å². The molecule has 0 saturated carbocycles. The van der Waals surface area contributed by atoms with E-state index in [-0.39, 0.29) is 11.9 Å². The van der Waals surface area contributed by atoms with Gasteiger partial charge in [0.25, 0.3) is 5.91 Å². The Balaban J connectivity index is 1.87. The van der Waals surface area contributed by atoms with E-state index >= 15 is 0 Å². The molecule has 0 fully saturated rings. The Morgan fingerprint density at radius 1 is 1.09 bits per heavy atom. The number of methoxy groups -OCH3 is 1. The van der Waals surface area contributed by atoms with Crippen LogP contribution in [0, 0.1) is 0 Å². The summed E-state index contributed by atoms with van der Waals surface area (Å²) < 4.78 is 4.64. The van der Waals surface area contributed by atoms with E-state index in [4.69, 9.17) is 11.6 Å². The van der Waals surface area contributed by atoms with Crippen LogP contribution in [0.1, 0.15) is 26.3 Å². The Morgan fingerprint density at radius 2 is 1.77 bits per heavy atom. The van der Waals surface area contributed by atoms with Crippen molar-refractivity contribution in [3.63, 3.8) is 0 Å². The van der Waals surface area contributed by atoms with Crippen LogP contribution in [0.15, 0.2) is 48.5 Å². The van der Waals surface area contributed by atoms with Gasteiger partial charge in [-0.1, -0.05) is 35.9 Å². The van der Waals surface area contributed by atoms with Gasteiger partial charge in [0.15, 0.2) is 0 Å². The molecular weight excluding hydrogens is 302 g/mol. The molecule has 0 aliphatic heterocycles. The lowest BCUT2D eigenvalue weighted by atomic mass is 10.1. The summed E-state index contributed by atoms with van der Waals surface area (Å²) in [5.74, 6) is -0.560. The molecule has 0 aliphatic carbocycles. The van der Waals surface area contributed by atoms with Crippen molar-refractivity contribution in [2.24, 2.45) is 0 Å². The van der Waals surface area contributed by atoms with Gasteiger partial charge < -0.3 is 10.1 Å². The lowest BCUT2D eigenvalue weighted by Gasteiger charge is -2.07. The molecule has 0 heterocycles. The monoisotopic (exact) mass is 317 g/mol. The SMILES string of the molecule is COC(=O)c1ccc(CCNC(=O)c2ccccc2Cl)cc1. The number of carbonyl (C=O) groups is 2. The number of esters is 1. The highest BCUT2D eigenvalue weighted by molar-refractivity contribution is 6.33. The van der Waals surface area contributed by atoms with Crippen molar-refractivity contribution in [3.05, 3.63) is 70.2 Å². The fraction of sp³-hybridized carbons (Fsp3) is 0.176. The maximum absolute atomic E-state index is 12.0. The molecule has 0 radical (unpaired) electrons. The van der Waals surface area contributed by atoms with E-state index in [1.54, 1.807) is 36.4 Å². The lowest BCUT2D eigenvalue weighted by molar-refractivity contribution is 0.0600. The third kappa shape index (κ3) is 4.09. The first-order valence-corrected chi connectivity index (χ1v) is 7.19. The highest BCUT2D eigenvalue weighted by Gasteiger charge is 2.09. The van der Waals surface area contributed by atoms with E-state index in [2.05, 4.69) is 10.1 Å². The zero-order chi connectivity index (χ0) is 15.9. The van der Waals surface area contributed by atoms with Gasteiger partial charge in [-0.25, -0.2) is 4.79 Å². The van der Waals surface area contributed by atoms with Crippen LogP contribution in [0.25, 0.3) is 0 Å². The average Bonchev–Trinajstić information content (AvgIpc) is 2.55. The van der Waals surface area contributed by atoms with Crippen LogP contribution < -0.4 is 5.32 Å². The smallest absolute Gasteiger partial charge is 0.337 e.